The second-order valence-electron chi connectivity index (χ2n) is 5.01. The third kappa shape index (κ3) is 2.87. The van der Waals surface area contributed by atoms with Gasteiger partial charge in [0.1, 0.15) is 5.69 Å². The van der Waals surface area contributed by atoms with Crippen LogP contribution < -0.4 is 10.6 Å². The number of piperidine rings is 1. The fourth-order valence-electron chi connectivity index (χ4n) is 2.74. The van der Waals surface area contributed by atoms with Gasteiger partial charge < -0.3 is 15.4 Å². The maximum Gasteiger partial charge on any atom is 0.356 e. The number of pyridine rings is 1. The zero-order valence-electron chi connectivity index (χ0n) is 11.5. The fourth-order valence-corrected chi connectivity index (χ4v) is 2.74. The van der Waals surface area contributed by atoms with E-state index in [9.17, 15) is 4.79 Å². The molecule has 104 valence electrons. The van der Waals surface area contributed by atoms with Crippen LogP contribution in [0.2, 0.25) is 0 Å². The molecule has 2 unspecified atom stereocenters. The molecule has 0 amide bonds. The number of hydrogen-bond acceptors (Lipinski definition) is 5. The third-order valence-electron chi connectivity index (χ3n) is 3.83. The molecule has 2 atom stereocenters. The molecule has 1 aromatic rings. The first-order valence-electron chi connectivity index (χ1n) is 6.68. The summed E-state index contributed by atoms with van der Waals surface area (Å²) in [5.74, 6) is 0.157. The summed E-state index contributed by atoms with van der Waals surface area (Å²) in [5, 5.41) is 0. The Morgan fingerprint density at radius 2 is 2.42 bits per heavy atom. The Morgan fingerprint density at radius 3 is 3.11 bits per heavy atom. The summed E-state index contributed by atoms with van der Waals surface area (Å²) in [4.78, 5) is 17.9. The van der Waals surface area contributed by atoms with Crippen molar-refractivity contribution in [2.45, 2.75) is 25.8 Å². The van der Waals surface area contributed by atoms with Crippen molar-refractivity contribution in [3.05, 3.63) is 24.0 Å². The minimum Gasteiger partial charge on any atom is -0.464 e. The van der Waals surface area contributed by atoms with E-state index < -0.39 is 5.97 Å². The number of aromatic nitrogens is 1. The molecule has 0 bridgehead atoms. The normalized spacial score (nSPS) is 23.2. The monoisotopic (exact) mass is 263 g/mol. The van der Waals surface area contributed by atoms with Gasteiger partial charge in [0.15, 0.2) is 0 Å². The lowest BCUT2D eigenvalue weighted by Crippen LogP contribution is -2.48. The van der Waals surface area contributed by atoms with Crippen molar-refractivity contribution in [3.63, 3.8) is 0 Å². The summed E-state index contributed by atoms with van der Waals surface area (Å²) >= 11 is 0. The summed E-state index contributed by atoms with van der Waals surface area (Å²) in [5.41, 5.74) is 7.24. The highest BCUT2D eigenvalue weighted by Crippen LogP contribution is 2.28. The van der Waals surface area contributed by atoms with Crippen LogP contribution in [-0.4, -0.2) is 37.2 Å². The number of carbonyl (C=O) groups is 1. The molecule has 0 aromatic carbocycles. The topological polar surface area (TPSA) is 68.5 Å². The van der Waals surface area contributed by atoms with Gasteiger partial charge in [-0.15, -0.1) is 0 Å². The maximum absolute atomic E-state index is 11.5. The van der Waals surface area contributed by atoms with E-state index in [0.717, 1.165) is 18.7 Å². The zero-order chi connectivity index (χ0) is 13.8. The smallest absolute Gasteiger partial charge is 0.356 e. The average molecular weight is 263 g/mol. The van der Waals surface area contributed by atoms with Gasteiger partial charge in [-0.3, -0.25) is 0 Å². The Morgan fingerprint density at radius 1 is 1.63 bits per heavy atom. The Balaban J connectivity index is 2.27. The fraction of sp³-hybridized carbons (Fsp3) is 0.571. The first kappa shape index (κ1) is 13.8. The number of esters is 1. The molecular formula is C14H21N3O2. The van der Waals surface area contributed by atoms with Gasteiger partial charge in [0.25, 0.3) is 0 Å². The lowest BCUT2D eigenvalue weighted by molar-refractivity contribution is 0.0594. The van der Waals surface area contributed by atoms with Crippen molar-refractivity contribution >= 4 is 11.7 Å². The highest BCUT2D eigenvalue weighted by molar-refractivity contribution is 5.88. The summed E-state index contributed by atoms with van der Waals surface area (Å²) in [7, 11) is 1.36. The summed E-state index contributed by atoms with van der Waals surface area (Å²) in [6.07, 6.45) is 4.00. The number of nitrogens with two attached hydrogens (primary N) is 1. The van der Waals surface area contributed by atoms with Crippen LogP contribution in [0.1, 0.15) is 30.3 Å². The van der Waals surface area contributed by atoms with Crippen LogP contribution in [0.3, 0.4) is 0 Å². The number of ether oxygens (including phenoxy) is 1. The van der Waals surface area contributed by atoms with Gasteiger partial charge in [-0.1, -0.05) is 6.92 Å². The summed E-state index contributed by atoms with van der Waals surface area (Å²) in [6, 6.07) is 4.03. The number of anilines is 1. The van der Waals surface area contributed by atoms with Crippen molar-refractivity contribution < 1.29 is 9.53 Å². The molecule has 2 N–H and O–H groups in total. The van der Waals surface area contributed by atoms with Gasteiger partial charge in [-0.25, -0.2) is 9.78 Å². The lowest BCUT2D eigenvalue weighted by atomic mass is 9.90. The van der Waals surface area contributed by atoms with Gasteiger partial charge in [0.05, 0.1) is 7.11 Å². The number of hydrogen-bond donors (Lipinski definition) is 1. The number of carbonyl (C=O) groups excluding carboxylic acids is 1. The van der Waals surface area contributed by atoms with E-state index >= 15 is 0 Å². The number of methoxy groups -OCH3 is 1. The molecule has 0 saturated carbocycles. The van der Waals surface area contributed by atoms with Crippen molar-refractivity contribution in [2.75, 3.05) is 25.1 Å². The number of rotatable bonds is 3. The first-order chi connectivity index (χ1) is 9.17. The van der Waals surface area contributed by atoms with E-state index in [1.54, 1.807) is 12.3 Å². The van der Waals surface area contributed by atoms with E-state index in [1.807, 2.05) is 6.07 Å². The molecule has 2 rings (SSSR count). The average Bonchev–Trinajstić information content (AvgIpc) is 2.46. The van der Waals surface area contributed by atoms with Crippen molar-refractivity contribution in [3.8, 4) is 0 Å². The minimum atomic E-state index is -0.406. The molecule has 0 spiro atoms. The Hall–Kier alpha value is -1.62. The molecule has 0 radical (unpaired) electrons. The van der Waals surface area contributed by atoms with Gasteiger partial charge in [-0.2, -0.15) is 0 Å². The largest absolute Gasteiger partial charge is 0.464 e. The molecule has 1 aromatic heterocycles. The van der Waals surface area contributed by atoms with Crippen LogP contribution in [0.5, 0.6) is 0 Å². The predicted octanol–water partition coefficient (Wildman–Crippen LogP) is 1.43. The highest BCUT2D eigenvalue weighted by atomic mass is 16.5. The predicted molar refractivity (Wildman–Crippen MR) is 74.2 cm³/mol. The van der Waals surface area contributed by atoms with Crippen LogP contribution in [0.15, 0.2) is 18.3 Å². The molecule has 19 heavy (non-hydrogen) atoms. The SMILES string of the molecule is COC(=O)c1cc(N2CCCC(C)C2CN)ccn1. The summed E-state index contributed by atoms with van der Waals surface area (Å²) in [6.45, 7) is 3.82. The van der Waals surface area contributed by atoms with Gasteiger partial charge in [0.2, 0.25) is 0 Å². The van der Waals surface area contributed by atoms with Crippen molar-refractivity contribution in [2.24, 2.45) is 11.7 Å². The van der Waals surface area contributed by atoms with Crippen molar-refractivity contribution in [1.29, 1.82) is 0 Å². The Bertz CT molecular complexity index is 450. The zero-order valence-corrected chi connectivity index (χ0v) is 11.5. The van der Waals surface area contributed by atoms with E-state index in [2.05, 4.69) is 16.8 Å². The maximum atomic E-state index is 11.5. The van der Waals surface area contributed by atoms with E-state index in [0.29, 0.717) is 24.2 Å². The molecule has 5 nitrogen and oxygen atoms in total. The second kappa shape index (κ2) is 6.02. The molecule has 0 aliphatic carbocycles. The quantitative estimate of drug-likeness (QED) is 0.836. The molecule has 1 aliphatic rings. The molecule has 1 aliphatic heterocycles. The van der Waals surface area contributed by atoms with Crippen LogP contribution >= 0.6 is 0 Å². The molecule has 5 heteroatoms. The van der Waals surface area contributed by atoms with Crippen molar-refractivity contribution in [1.82, 2.24) is 4.98 Å². The Kier molecular flexibility index (Phi) is 4.37. The van der Waals surface area contributed by atoms with Crippen LogP contribution in [0, 0.1) is 5.92 Å². The minimum absolute atomic E-state index is 0.321. The summed E-state index contributed by atoms with van der Waals surface area (Å²) < 4.78 is 4.71. The molecule has 2 heterocycles. The van der Waals surface area contributed by atoms with E-state index in [-0.39, 0.29) is 0 Å². The molecule has 1 fully saturated rings. The molecular weight excluding hydrogens is 242 g/mol. The highest BCUT2D eigenvalue weighted by Gasteiger charge is 2.28. The lowest BCUT2D eigenvalue weighted by Gasteiger charge is -2.41. The van der Waals surface area contributed by atoms with Crippen LogP contribution in [0.4, 0.5) is 5.69 Å². The van der Waals surface area contributed by atoms with Gasteiger partial charge >= 0.3 is 5.97 Å². The van der Waals surface area contributed by atoms with Gasteiger partial charge in [-0.05, 0) is 30.9 Å². The molecule has 1 saturated heterocycles. The second-order valence-corrected chi connectivity index (χ2v) is 5.01. The Labute approximate surface area is 113 Å². The van der Waals surface area contributed by atoms with Crippen LogP contribution in [0.25, 0.3) is 0 Å². The van der Waals surface area contributed by atoms with Gasteiger partial charge in [0, 0.05) is 31.0 Å². The van der Waals surface area contributed by atoms with E-state index in [4.69, 9.17) is 10.5 Å². The third-order valence-corrected chi connectivity index (χ3v) is 3.83. The van der Waals surface area contributed by atoms with E-state index in [1.165, 1.54) is 13.5 Å². The first-order valence-corrected chi connectivity index (χ1v) is 6.68. The van der Waals surface area contributed by atoms with Crippen LogP contribution in [-0.2, 0) is 4.74 Å². The standard InChI is InChI=1S/C14H21N3O2/c1-10-4-3-7-17(13(10)9-15)11-5-6-16-12(8-11)14(18)19-2/h5-6,8,10,13H,3-4,7,9,15H2,1-2H3. The number of nitrogens with zero attached hydrogens (tertiary/aromatic N) is 2.